The maximum Gasteiger partial charge on any atom is 0.119 e. The first-order valence-corrected chi connectivity index (χ1v) is 7.85. The van der Waals surface area contributed by atoms with Crippen molar-refractivity contribution in [3.63, 3.8) is 0 Å². The first-order valence-electron chi connectivity index (χ1n) is 7.85. The molecule has 1 atom stereocenters. The van der Waals surface area contributed by atoms with Crippen LogP contribution in [0.5, 0.6) is 5.75 Å². The summed E-state index contributed by atoms with van der Waals surface area (Å²) in [5, 5.41) is 3.57. The molecule has 0 heterocycles. The molecule has 0 aliphatic carbocycles. The molecule has 1 rings (SSSR count). The van der Waals surface area contributed by atoms with Gasteiger partial charge in [0.1, 0.15) is 5.75 Å². The van der Waals surface area contributed by atoms with Crippen molar-refractivity contribution >= 4 is 0 Å². The summed E-state index contributed by atoms with van der Waals surface area (Å²) in [5.41, 5.74) is 1.50. The van der Waals surface area contributed by atoms with Crippen molar-refractivity contribution < 1.29 is 4.74 Å². The molecule has 0 bridgehead atoms. The second-order valence-corrected chi connectivity index (χ2v) is 6.64. The van der Waals surface area contributed by atoms with Crippen LogP contribution in [0.3, 0.4) is 0 Å². The second-order valence-electron chi connectivity index (χ2n) is 6.64. The summed E-state index contributed by atoms with van der Waals surface area (Å²) in [6, 6.07) is 9.06. The highest BCUT2D eigenvalue weighted by atomic mass is 16.5. The molecule has 0 fully saturated rings. The number of benzene rings is 1. The molecule has 2 heteroatoms. The Labute approximate surface area is 124 Å². The molecule has 0 radical (unpaired) electrons. The third kappa shape index (κ3) is 5.54. The summed E-state index contributed by atoms with van der Waals surface area (Å²) in [5.74, 6) is 0.972. The Bertz CT molecular complexity index is 398. The highest BCUT2D eigenvalue weighted by molar-refractivity contribution is 5.33. The van der Waals surface area contributed by atoms with E-state index in [1.807, 2.05) is 6.07 Å². The molecule has 1 aromatic rings. The van der Waals surface area contributed by atoms with E-state index in [2.05, 4.69) is 65.1 Å². The minimum absolute atomic E-state index is 0.149. The molecule has 0 aromatic heterocycles. The summed E-state index contributed by atoms with van der Waals surface area (Å²) >= 11 is 0. The molecule has 2 nitrogen and oxygen atoms in total. The first kappa shape index (κ1) is 17.0. The lowest BCUT2D eigenvalue weighted by molar-refractivity contribution is 0.241. The molecular formula is C18H31NO. The normalized spacial score (nSPS) is 13.6. The molecule has 114 valence electrons. The van der Waals surface area contributed by atoms with Crippen molar-refractivity contribution in [1.82, 2.24) is 5.32 Å². The molecule has 0 saturated heterocycles. The van der Waals surface area contributed by atoms with Crippen molar-refractivity contribution in [1.29, 1.82) is 0 Å². The van der Waals surface area contributed by atoms with Crippen LogP contribution in [-0.4, -0.2) is 18.7 Å². The van der Waals surface area contributed by atoms with Crippen LogP contribution in [0, 0.1) is 0 Å². The van der Waals surface area contributed by atoms with Gasteiger partial charge in [-0.15, -0.1) is 0 Å². The number of rotatable bonds is 8. The Morgan fingerprint density at radius 3 is 2.50 bits per heavy atom. The highest BCUT2D eigenvalue weighted by Crippen LogP contribution is 2.31. The maximum absolute atomic E-state index is 5.80. The van der Waals surface area contributed by atoms with Gasteiger partial charge in [-0.05, 0) is 63.3 Å². The van der Waals surface area contributed by atoms with E-state index in [1.165, 1.54) is 12.0 Å². The van der Waals surface area contributed by atoms with Gasteiger partial charge in [-0.25, -0.2) is 0 Å². The third-order valence-electron chi connectivity index (χ3n) is 3.55. The number of nitrogens with one attached hydrogen (secondary N) is 1. The van der Waals surface area contributed by atoms with Crippen LogP contribution in [0.1, 0.15) is 59.9 Å². The van der Waals surface area contributed by atoms with Gasteiger partial charge < -0.3 is 10.1 Å². The Hall–Kier alpha value is -1.02. The smallest absolute Gasteiger partial charge is 0.119 e. The Morgan fingerprint density at radius 1 is 1.20 bits per heavy atom. The molecule has 0 aliphatic heterocycles. The summed E-state index contributed by atoms with van der Waals surface area (Å²) in [4.78, 5) is 0. The van der Waals surface area contributed by atoms with E-state index in [4.69, 9.17) is 4.74 Å². The molecule has 0 spiro atoms. The van der Waals surface area contributed by atoms with Crippen LogP contribution in [0.15, 0.2) is 24.3 Å². The van der Waals surface area contributed by atoms with E-state index >= 15 is 0 Å². The minimum atomic E-state index is 0.149. The SMILES string of the molecule is CCCNC(C)CC(C)(C)c1cccc(OC(C)C)c1. The van der Waals surface area contributed by atoms with Gasteiger partial charge in [-0.1, -0.05) is 32.9 Å². The average molecular weight is 277 g/mol. The molecule has 1 unspecified atom stereocenters. The second kappa shape index (κ2) is 7.68. The van der Waals surface area contributed by atoms with Gasteiger partial charge in [0.25, 0.3) is 0 Å². The van der Waals surface area contributed by atoms with Gasteiger partial charge in [0.05, 0.1) is 6.10 Å². The molecule has 1 aromatic carbocycles. The van der Waals surface area contributed by atoms with E-state index in [9.17, 15) is 0 Å². The lowest BCUT2D eigenvalue weighted by Crippen LogP contribution is -2.33. The summed E-state index contributed by atoms with van der Waals surface area (Å²) in [6.45, 7) is 14.3. The van der Waals surface area contributed by atoms with E-state index in [0.29, 0.717) is 6.04 Å². The largest absolute Gasteiger partial charge is 0.491 e. The first-order chi connectivity index (χ1) is 9.35. The van der Waals surface area contributed by atoms with Crippen molar-refractivity contribution in [3.8, 4) is 5.75 Å². The van der Waals surface area contributed by atoms with Crippen LogP contribution in [0.4, 0.5) is 0 Å². The van der Waals surface area contributed by atoms with Gasteiger partial charge in [-0.3, -0.25) is 0 Å². The Morgan fingerprint density at radius 2 is 1.90 bits per heavy atom. The van der Waals surface area contributed by atoms with E-state index in [-0.39, 0.29) is 11.5 Å². The van der Waals surface area contributed by atoms with E-state index in [1.54, 1.807) is 0 Å². The maximum atomic E-state index is 5.80. The zero-order chi connectivity index (χ0) is 15.2. The molecule has 0 aliphatic rings. The molecular weight excluding hydrogens is 246 g/mol. The van der Waals surface area contributed by atoms with Gasteiger partial charge in [0.2, 0.25) is 0 Å². The average Bonchev–Trinajstić information content (AvgIpc) is 2.35. The van der Waals surface area contributed by atoms with Crippen LogP contribution in [-0.2, 0) is 5.41 Å². The van der Waals surface area contributed by atoms with Crippen molar-refractivity contribution in [3.05, 3.63) is 29.8 Å². The fraction of sp³-hybridized carbons (Fsp3) is 0.667. The van der Waals surface area contributed by atoms with Crippen LogP contribution in [0.2, 0.25) is 0 Å². The van der Waals surface area contributed by atoms with Gasteiger partial charge in [-0.2, -0.15) is 0 Å². The number of hydrogen-bond acceptors (Lipinski definition) is 2. The molecule has 20 heavy (non-hydrogen) atoms. The highest BCUT2D eigenvalue weighted by Gasteiger charge is 2.23. The quantitative estimate of drug-likeness (QED) is 0.754. The third-order valence-corrected chi connectivity index (χ3v) is 3.55. The van der Waals surface area contributed by atoms with Crippen molar-refractivity contribution in [2.45, 2.75) is 71.9 Å². The van der Waals surface area contributed by atoms with Gasteiger partial charge >= 0.3 is 0 Å². The van der Waals surface area contributed by atoms with Crippen LogP contribution >= 0.6 is 0 Å². The fourth-order valence-electron chi connectivity index (χ4n) is 2.61. The number of ether oxygens (including phenoxy) is 1. The zero-order valence-electron chi connectivity index (χ0n) is 14.0. The van der Waals surface area contributed by atoms with Gasteiger partial charge in [0, 0.05) is 6.04 Å². The van der Waals surface area contributed by atoms with Crippen LogP contribution in [0.25, 0.3) is 0 Å². The summed E-state index contributed by atoms with van der Waals surface area (Å²) in [6.07, 6.45) is 2.53. The van der Waals surface area contributed by atoms with Crippen molar-refractivity contribution in [2.24, 2.45) is 0 Å². The molecule has 1 N–H and O–H groups in total. The Kier molecular flexibility index (Phi) is 6.54. The van der Waals surface area contributed by atoms with Gasteiger partial charge in [0.15, 0.2) is 0 Å². The standard InChI is InChI=1S/C18H31NO/c1-7-11-19-15(4)13-18(5,6)16-9-8-10-17(12-16)20-14(2)3/h8-10,12,14-15,19H,7,11,13H2,1-6H3. The lowest BCUT2D eigenvalue weighted by Gasteiger charge is -2.29. The lowest BCUT2D eigenvalue weighted by atomic mass is 9.79. The fourth-order valence-corrected chi connectivity index (χ4v) is 2.61. The van der Waals surface area contributed by atoms with Crippen molar-refractivity contribution in [2.75, 3.05) is 6.54 Å². The summed E-state index contributed by atoms with van der Waals surface area (Å²) in [7, 11) is 0. The molecule has 0 amide bonds. The predicted molar refractivity (Wildman–Crippen MR) is 87.6 cm³/mol. The Balaban J connectivity index is 2.75. The van der Waals surface area contributed by atoms with E-state index < -0.39 is 0 Å². The van der Waals surface area contributed by atoms with Crippen LogP contribution < -0.4 is 10.1 Å². The molecule has 0 saturated carbocycles. The summed E-state index contributed by atoms with van der Waals surface area (Å²) < 4.78 is 5.80. The number of hydrogen-bond donors (Lipinski definition) is 1. The minimum Gasteiger partial charge on any atom is -0.491 e. The zero-order valence-corrected chi connectivity index (χ0v) is 14.0. The predicted octanol–water partition coefficient (Wildman–Crippen LogP) is 4.53. The topological polar surface area (TPSA) is 21.3 Å². The van der Waals surface area contributed by atoms with E-state index in [0.717, 1.165) is 18.7 Å². The monoisotopic (exact) mass is 277 g/mol.